The Labute approximate surface area is 84.3 Å². The molecule has 0 radical (unpaired) electrons. The van der Waals surface area contributed by atoms with Gasteiger partial charge in [-0.3, -0.25) is 4.79 Å². The van der Waals surface area contributed by atoms with Gasteiger partial charge in [-0.05, 0) is 12.1 Å². The minimum Gasteiger partial charge on any atom is -0.495 e. The van der Waals surface area contributed by atoms with Crippen LogP contribution in [0.25, 0.3) is 0 Å². The van der Waals surface area contributed by atoms with Gasteiger partial charge in [-0.25, -0.2) is 0 Å². The average molecular weight is 193 g/mol. The molecule has 0 atom stereocenters. The van der Waals surface area contributed by atoms with E-state index in [0.29, 0.717) is 6.42 Å². The smallest absolute Gasteiger partial charge is 0.226 e. The van der Waals surface area contributed by atoms with Gasteiger partial charge in [0.25, 0.3) is 0 Å². The Balaban J connectivity index is 2.99. The second-order valence-corrected chi connectivity index (χ2v) is 2.98. The fraction of sp³-hybridized carbons (Fsp3) is 0.364. The van der Waals surface area contributed by atoms with Crippen molar-refractivity contribution in [1.82, 2.24) is 0 Å². The number of carbonyl (C=O) groups is 1. The largest absolute Gasteiger partial charge is 0.495 e. The third-order valence-corrected chi connectivity index (χ3v) is 2.12. The van der Waals surface area contributed by atoms with Gasteiger partial charge >= 0.3 is 0 Å². The molecule has 0 aromatic heterocycles. The second-order valence-electron chi connectivity index (χ2n) is 2.98. The van der Waals surface area contributed by atoms with Gasteiger partial charge in [0.05, 0.1) is 12.8 Å². The maximum atomic E-state index is 11.5. The van der Waals surface area contributed by atoms with E-state index in [1.807, 2.05) is 31.2 Å². The zero-order chi connectivity index (χ0) is 10.6. The normalized spacial score (nSPS) is 9.64. The van der Waals surface area contributed by atoms with E-state index in [2.05, 4.69) is 0 Å². The van der Waals surface area contributed by atoms with Gasteiger partial charge in [0, 0.05) is 13.5 Å². The van der Waals surface area contributed by atoms with Crippen LogP contribution in [0.3, 0.4) is 0 Å². The zero-order valence-corrected chi connectivity index (χ0v) is 8.78. The lowest BCUT2D eigenvalue weighted by molar-refractivity contribution is -0.118. The van der Waals surface area contributed by atoms with Crippen molar-refractivity contribution < 1.29 is 9.53 Å². The summed E-state index contributed by atoms with van der Waals surface area (Å²) in [6.45, 7) is 1.84. The number of anilines is 1. The Morgan fingerprint density at radius 1 is 1.43 bits per heavy atom. The van der Waals surface area contributed by atoms with E-state index in [-0.39, 0.29) is 5.91 Å². The van der Waals surface area contributed by atoms with Crippen molar-refractivity contribution in [2.45, 2.75) is 13.3 Å². The molecular weight excluding hydrogens is 178 g/mol. The van der Waals surface area contributed by atoms with Crippen molar-refractivity contribution in [1.29, 1.82) is 0 Å². The highest BCUT2D eigenvalue weighted by Crippen LogP contribution is 2.26. The summed E-state index contributed by atoms with van der Waals surface area (Å²) in [5.74, 6) is 0.798. The van der Waals surface area contributed by atoms with E-state index in [4.69, 9.17) is 4.74 Å². The summed E-state index contributed by atoms with van der Waals surface area (Å²) in [6, 6.07) is 7.48. The monoisotopic (exact) mass is 193 g/mol. The third kappa shape index (κ3) is 2.05. The molecule has 14 heavy (non-hydrogen) atoms. The van der Waals surface area contributed by atoms with Gasteiger partial charge in [0.15, 0.2) is 0 Å². The molecule has 0 saturated carbocycles. The molecule has 0 bridgehead atoms. The van der Waals surface area contributed by atoms with Gasteiger partial charge in [-0.1, -0.05) is 19.1 Å². The van der Waals surface area contributed by atoms with Crippen LogP contribution in [0.1, 0.15) is 13.3 Å². The molecule has 1 amide bonds. The third-order valence-electron chi connectivity index (χ3n) is 2.12. The molecular formula is C11H15NO2. The summed E-state index contributed by atoms with van der Waals surface area (Å²) >= 11 is 0. The fourth-order valence-electron chi connectivity index (χ4n) is 1.28. The number of hydrogen-bond donors (Lipinski definition) is 0. The summed E-state index contributed by atoms with van der Waals surface area (Å²) in [6.07, 6.45) is 0.495. The number of rotatable bonds is 3. The quantitative estimate of drug-likeness (QED) is 0.735. The maximum Gasteiger partial charge on any atom is 0.226 e. The first-order chi connectivity index (χ1) is 6.70. The predicted molar refractivity (Wildman–Crippen MR) is 56.7 cm³/mol. The van der Waals surface area contributed by atoms with Crippen LogP contribution >= 0.6 is 0 Å². The molecule has 0 aliphatic rings. The fourth-order valence-corrected chi connectivity index (χ4v) is 1.28. The molecule has 1 rings (SSSR count). The van der Waals surface area contributed by atoms with Gasteiger partial charge in [-0.2, -0.15) is 0 Å². The van der Waals surface area contributed by atoms with Gasteiger partial charge in [0.2, 0.25) is 5.91 Å². The molecule has 0 fully saturated rings. The number of hydrogen-bond acceptors (Lipinski definition) is 2. The van der Waals surface area contributed by atoms with Crippen LogP contribution in [-0.4, -0.2) is 20.1 Å². The lowest BCUT2D eigenvalue weighted by Gasteiger charge is -2.18. The first kappa shape index (κ1) is 10.6. The van der Waals surface area contributed by atoms with Crippen LogP contribution in [0, 0.1) is 0 Å². The maximum absolute atomic E-state index is 11.5. The topological polar surface area (TPSA) is 29.5 Å². The molecule has 76 valence electrons. The lowest BCUT2D eigenvalue weighted by Crippen LogP contribution is -2.25. The number of amides is 1. The first-order valence-corrected chi connectivity index (χ1v) is 4.60. The standard InChI is InChI=1S/C11H15NO2/c1-4-11(13)12(2)9-7-5-6-8-10(9)14-3/h5-8H,4H2,1-3H3. The summed E-state index contributed by atoms with van der Waals surface area (Å²) in [5.41, 5.74) is 0.807. The van der Waals surface area contributed by atoms with E-state index in [9.17, 15) is 4.79 Å². The molecule has 1 aromatic rings. The molecule has 0 heterocycles. The van der Waals surface area contributed by atoms with Crippen molar-refractivity contribution in [2.24, 2.45) is 0 Å². The molecule has 3 heteroatoms. The summed E-state index contributed by atoms with van der Waals surface area (Å²) < 4.78 is 5.17. The Hall–Kier alpha value is -1.51. The summed E-state index contributed by atoms with van der Waals surface area (Å²) in [5, 5.41) is 0. The van der Waals surface area contributed by atoms with Gasteiger partial charge < -0.3 is 9.64 Å². The van der Waals surface area contributed by atoms with E-state index >= 15 is 0 Å². The Kier molecular flexibility index (Phi) is 3.51. The predicted octanol–water partition coefficient (Wildman–Crippen LogP) is 2.07. The number of para-hydroxylation sites is 2. The van der Waals surface area contributed by atoms with Crippen molar-refractivity contribution in [3.05, 3.63) is 24.3 Å². The van der Waals surface area contributed by atoms with Crippen LogP contribution in [0.4, 0.5) is 5.69 Å². The minimum atomic E-state index is 0.0782. The minimum absolute atomic E-state index is 0.0782. The molecule has 1 aromatic carbocycles. The highest BCUT2D eigenvalue weighted by atomic mass is 16.5. The zero-order valence-electron chi connectivity index (χ0n) is 8.78. The number of nitrogens with zero attached hydrogens (tertiary/aromatic N) is 1. The molecule has 0 N–H and O–H groups in total. The number of carbonyl (C=O) groups excluding carboxylic acids is 1. The molecule has 0 aliphatic heterocycles. The van der Waals surface area contributed by atoms with E-state index in [0.717, 1.165) is 11.4 Å². The number of methoxy groups -OCH3 is 1. The van der Waals surface area contributed by atoms with Crippen molar-refractivity contribution in [3.8, 4) is 5.75 Å². The molecule has 0 spiro atoms. The van der Waals surface area contributed by atoms with Gasteiger partial charge in [-0.15, -0.1) is 0 Å². The van der Waals surface area contributed by atoms with E-state index in [1.54, 1.807) is 19.1 Å². The summed E-state index contributed by atoms with van der Waals surface area (Å²) in [4.78, 5) is 13.1. The molecule has 3 nitrogen and oxygen atoms in total. The SMILES string of the molecule is CCC(=O)N(C)c1ccccc1OC. The van der Waals surface area contributed by atoms with Gasteiger partial charge in [0.1, 0.15) is 5.75 Å². The average Bonchev–Trinajstić information content (AvgIpc) is 2.26. The van der Waals surface area contributed by atoms with Crippen molar-refractivity contribution in [2.75, 3.05) is 19.1 Å². The molecule has 0 saturated heterocycles. The van der Waals surface area contributed by atoms with Crippen molar-refractivity contribution >= 4 is 11.6 Å². The number of ether oxygens (including phenoxy) is 1. The molecule has 0 aliphatic carbocycles. The number of benzene rings is 1. The van der Waals surface area contributed by atoms with Crippen LogP contribution in [0.15, 0.2) is 24.3 Å². The van der Waals surface area contributed by atoms with Crippen LogP contribution in [0.2, 0.25) is 0 Å². The Bertz CT molecular complexity index is 323. The Morgan fingerprint density at radius 3 is 2.64 bits per heavy atom. The first-order valence-electron chi connectivity index (χ1n) is 4.60. The molecule has 0 unspecified atom stereocenters. The van der Waals surface area contributed by atoms with Crippen LogP contribution < -0.4 is 9.64 Å². The van der Waals surface area contributed by atoms with Crippen LogP contribution in [0.5, 0.6) is 5.75 Å². The lowest BCUT2D eigenvalue weighted by atomic mass is 10.2. The summed E-state index contributed by atoms with van der Waals surface area (Å²) in [7, 11) is 3.35. The Morgan fingerprint density at radius 2 is 2.07 bits per heavy atom. The van der Waals surface area contributed by atoms with Crippen LogP contribution in [-0.2, 0) is 4.79 Å². The second kappa shape index (κ2) is 4.65. The van der Waals surface area contributed by atoms with E-state index in [1.165, 1.54) is 0 Å². The highest BCUT2D eigenvalue weighted by molar-refractivity contribution is 5.94. The van der Waals surface area contributed by atoms with Crippen molar-refractivity contribution in [3.63, 3.8) is 0 Å². The van der Waals surface area contributed by atoms with E-state index < -0.39 is 0 Å². The highest BCUT2D eigenvalue weighted by Gasteiger charge is 2.12.